The minimum Gasteiger partial charge on any atom is -0.506 e. The average Bonchev–Trinajstić information content (AvgIpc) is 2.77. The maximum absolute atomic E-state index is 13.3. The van der Waals surface area contributed by atoms with Crippen molar-refractivity contribution < 1.29 is 14.6 Å². The second-order valence-electron chi connectivity index (χ2n) is 6.77. The highest BCUT2D eigenvalue weighted by Crippen LogP contribution is 2.30. The number of ether oxygens (including phenoxy) is 1. The van der Waals surface area contributed by atoms with E-state index < -0.39 is 22.8 Å². The van der Waals surface area contributed by atoms with Gasteiger partial charge in [-0.05, 0) is 35.9 Å². The number of rotatable bonds is 5. The molecule has 0 fully saturated rings. The van der Waals surface area contributed by atoms with Gasteiger partial charge in [0.15, 0.2) is 0 Å². The zero-order chi connectivity index (χ0) is 22.0. The molecule has 2 aromatic heterocycles. The second kappa shape index (κ2) is 8.49. The minimum atomic E-state index is -0.782. The summed E-state index contributed by atoms with van der Waals surface area (Å²) in [4.78, 5) is 30.6. The smallest absolute Gasteiger partial charge is 0.269 e. The summed E-state index contributed by atoms with van der Waals surface area (Å²) >= 11 is 6.03. The lowest BCUT2D eigenvalue weighted by Gasteiger charge is -2.15. The van der Waals surface area contributed by atoms with E-state index in [9.17, 15) is 14.7 Å². The molecule has 0 atom stereocenters. The van der Waals surface area contributed by atoms with Crippen LogP contribution in [0.4, 0.5) is 5.69 Å². The number of nitrogens with zero attached hydrogens (tertiary/aromatic N) is 2. The third kappa shape index (κ3) is 3.95. The predicted molar refractivity (Wildman–Crippen MR) is 119 cm³/mol. The van der Waals surface area contributed by atoms with Crippen molar-refractivity contribution in [1.82, 2.24) is 9.55 Å². The summed E-state index contributed by atoms with van der Waals surface area (Å²) in [5, 5.41) is 14.1. The Hall–Kier alpha value is -3.84. The van der Waals surface area contributed by atoms with Crippen molar-refractivity contribution in [3.05, 3.63) is 93.4 Å². The quantitative estimate of drug-likeness (QED) is 0.493. The number of fused-ring (bicyclic) bond motifs is 1. The molecule has 0 aliphatic carbocycles. The van der Waals surface area contributed by atoms with E-state index in [1.54, 1.807) is 24.3 Å². The fourth-order valence-electron chi connectivity index (χ4n) is 3.34. The average molecular weight is 436 g/mol. The van der Waals surface area contributed by atoms with Crippen molar-refractivity contribution >= 4 is 34.2 Å². The molecule has 7 nitrogen and oxygen atoms in total. The first-order valence-electron chi connectivity index (χ1n) is 9.39. The highest BCUT2D eigenvalue weighted by molar-refractivity contribution is 6.31. The number of amides is 1. The van der Waals surface area contributed by atoms with Crippen molar-refractivity contribution in [3.63, 3.8) is 0 Å². The molecular weight excluding hydrogens is 418 g/mol. The van der Waals surface area contributed by atoms with E-state index in [1.807, 2.05) is 30.3 Å². The third-order valence-electron chi connectivity index (χ3n) is 4.81. The first-order valence-corrected chi connectivity index (χ1v) is 9.76. The largest absolute Gasteiger partial charge is 0.506 e. The SMILES string of the molecule is COc1ccc(Cl)cc1NC(=O)c1c(O)c2cccnc2n(Cc2ccccc2)c1=O. The Morgan fingerprint density at radius 3 is 2.68 bits per heavy atom. The van der Waals surface area contributed by atoms with Crippen LogP contribution >= 0.6 is 11.6 Å². The fourth-order valence-corrected chi connectivity index (χ4v) is 3.52. The van der Waals surface area contributed by atoms with Crippen LogP contribution in [0.25, 0.3) is 11.0 Å². The van der Waals surface area contributed by atoms with E-state index in [0.717, 1.165) is 5.56 Å². The molecule has 0 saturated heterocycles. The molecule has 0 spiro atoms. The molecule has 31 heavy (non-hydrogen) atoms. The van der Waals surface area contributed by atoms with Crippen LogP contribution in [0.2, 0.25) is 5.02 Å². The van der Waals surface area contributed by atoms with Crippen LogP contribution in [0.5, 0.6) is 11.5 Å². The van der Waals surface area contributed by atoms with Crippen LogP contribution in [-0.4, -0.2) is 27.7 Å². The Morgan fingerprint density at radius 1 is 1.16 bits per heavy atom. The van der Waals surface area contributed by atoms with E-state index >= 15 is 0 Å². The lowest BCUT2D eigenvalue weighted by atomic mass is 10.1. The van der Waals surface area contributed by atoms with Crippen molar-refractivity contribution in [1.29, 1.82) is 0 Å². The molecular formula is C23H18ClN3O4. The van der Waals surface area contributed by atoms with Gasteiger partial charge in [0.1, 0.15) is 22.7 Å². The zero-order valence-electron chi connectivity index (χ0n) is 16.5. The molecule has 0 saturated carbocycles. The highest BCUT2D eigenvalue weighted by Gasteiger charge is 2.24. The lowest BCUT2D eigenvalue weighted by Crippen LogP contribution is -2.30. The minimum absolute atomic E-state index is 0.189. The van der Waals surface area contributed by atoms with Crippen molar-refractivity contribution in [2.75, 3.05) is 12.4 Å². The molecule has 4 aromatic rings. The summed E-state index contributed by atoms with van der Waals surface area (Å²) in [5.41, 5.74) is 0.361. The van der Waals surface area contributed by atoms with E-state index in [-0.39, 0.29) is 17.9 Å². The monoisotopic (exact) mass is 435 g/mol. The van der Waals surface area contributed by atoms with Gasteiger partial charge in [0.25, 0.3) is 11.5 Å². The number of hydrogen-bond donors (Lipinski definition) is 2. The number of pyridine rings is 2. The van der Waals surface area contributed by atoms with E-state index in [0.29, 0.717) is 16.2 Å². The van der Waals surface area contributed by atoms with E-state index in [1.165, 1.54) is 23.9 Å². The van der Waals surface area contributed by atoms with E-state index in [2.05, 4.69) is 10.3 Å². The molecule has 2 aromatic carbocycles. The number of halogens is 1. The maximum atomic E-state index is 13.3. The maximum Gasteiger partial charge on any atom is 0.269 e. The molecule has 156 valence electrons. The highest BCUT2D eigenvalue weighted by atomic mass is 35.5. The fraction of sp³-hybridized carbons (Fsp3) is 0.0870. The van der Waals surface area contributed by atoms with Gasteiger partial charge >= 0.3 is 0 Å². The van der Waals surface area contributed by atoms with Crippen molar-refractivity contribution in [3.8, 4) is 11.5 Å². The van der Waals surface area contributed by atoms with Gasteiger partial charge in [0.2, 0.25) is 0 Å². The van der Waals surface area contributed by atoms with Gasteiger partial charge in [-0.3, -0.25) is 14.2 Å². The lowest BCUT2D eigenvalue weighted by molar-refractivity contribution is 0.102. The van der Waals surface area contributed by atoms with Crippen molar-refractivity contribution in [2.24, 2.45) is 0 Å². The zero-order valence-corrected chi connectivity index (χ0v) is 17.3. The Kier molecular flexibility index (Phi) is 5.60. The number of aromatic nitrogens is 2. The first kappa shape index (κ1) is 20.4. The van der Waals surface area contributed by atoms with Gasteiger partial charge in [-0.2, -0.15) is 0 Å². The van der Waals surface area contributed by atoms with Gasteiger partial charge < -0.3 is 15.2 Å². The van der Waals surface area contributed by atoms with Gasteiger partial charge in [-0.1, -0.05) is 41.9 Å². The van der Waals surface area contributed by atoms with E-state index in [4.69, 9.17) is 16.3 Å². The molecule has 8 heteroatoms. The molecule has 2 heterocycles. The number of aromatic hydroxyl groups is 1. The van der Waals surface area contributed by atoms with Crippen molar-refractivity contribution in [2.45, 2.75) is 6.54 Å². The molecule has 2 N–H and O–H groups in total. The van der Waals surface area contributed by atoms with Crippen LogP contribution < -0.4 is 15.6 Å². The summed E-state index contributed by atoms with van der Waals surface area (Å²) in [6, 6.07) is 17.3. The van der Waals surface area contributed by atoms with Gasteiger partial charge in [0, 0.05) is 11.2 Å². The molecule has 0 unspecified atom stereocenters. The number of anilines is 1. The second-order valence-corrected chi connectivity index (χ2v) is 7.21. The van der Waals surface area contributed by atoms with Crippen LogP contribution in [0.15, 0.2) is 71.7 Å². The topological polar surface area (TPSA) is 93.4 Å². The summed E-state index contributed by atoms with van der Waals surface area (Å²) in [6.07, 6.45) is 1.53. The van der Waals surface area contributed by atoms with Gasteiger partial charge in [0.05, 0.1) is 24.7 Å². The third-order valence-corrected chi connectivity index (χ3v) is 5.05. The Balaban J connectivity index is 1.85. The van der Waals surface area contributed by atoms with Crippen LogP contribution in [0.1, 0.15) is 15.9 Å². The van der Waals surface area contributed by atoms with Crippen LogP contribution in [-0.2, 0) is 6.54 Å². The Labute approximate surface area is 182 Å². The number of nitrogens with one attached hydrogen (secondary N) is 1. The standard InChI is InChI=1S/C23H18ClN3O4/c1-31-18-10-9-15(24)12-17(18)26-22(29)19-20(28)16-8-5-11-25-21(16)27(23(19)30)13-14-6-3-2-4-7-14/h2-12,28H,13H2,1H3,(H,26,29). The predicted octanol–water partition coefficient (Wildman–Crippen LogP) is 4.06. The summed E-state index contributed by atoms with van der Waals surface area (Å²) < 4.78 is 6.61. The summed E-state index contributed by atoms with van der Waals surface area (Å²) in [5.74, 6) is -0.851. The van der Waals surface area contributed by atoms with Crippen LogP contribution in [0.3, 0.4) is 0 Å². The normalized spacial score (nSPS) is 10.8. The molecule has 0 radical (unpaired) electrons. The van der Waals surface area contributed by atoms with Gasteiger partial charge in [-0.15, -0.1) is 0 Å². The Morgan fingerprint density at radius 2 is 1.94 bits per heavy atom. The van der Waals surface area contributed by atoms with Gasteiger partial charge in [-0.25, -0.2) is 4.98 Å². The molecule has 0 bridgehead atoms. The number of carbonyl (C=O) groups excluding carboxylic acids is 1. The molecule has 1 amide bonds. The molecule has 0 aliphatic heterocycles. The molecule has 4 rings (SSSR count). The summed E-state index contributed by atoms with van der Waals surface area (Å²) in [7, 11) is 1.45. The Bertz CT molecular complexity index is 1340. The number of hydrogen-bond acceptors (Lipinski definition) is 5. The van der Waals surface area contributed by atoms with Crippen LogP contribution in [0, 0.1) is 0 Å². The number of carbonyl (C=O) groups is 1. The first-order chi connectivity index (χ1) is 15.0. The number of methoxy groups -OCH3 is 1. The summed E-state index contributed by atoms with van der Waals surface area (Å²) in [6.45, 7) is 0.189. The molecule has 0 aliphatic rings. The number of benzene rings is 2.